The van der Waals surface area contributed by atoms with Crippen LogP contribution in [0.15, 0.2) is 36.5 Å². The lowest BCUT2D eigenvalue weighted by Gasteiger charge is -2.34. The molecule has 2 aromatic rings. The molecule has 1 fully saturated rings. The highest BCUT2D eigenvalue weighted by Crippen LogP contribution is 2.26. The van der Waals surface area contributed by atoms with Gasteiger partial charge in [-0.05, 0) is 51.1 Å². The first-order valence-electron chi connectivity index (χ1n) is 8.10. The zero-order chi connectivity index (χ0) is 17.0. The van der Waals surface area contributed by atoms with E-state index in [1.807, 2.05) is 37.3 Å². The number of benzene rings is 1. The molecule has 3 rings (SSSR count). The van der Waals surface area contributed by atoms with Crippen molar-refractivity contribution in [2.45, 2.75) is 25.4 Å². The Bertz CT molecular complexity index is 726. The quantitative estimate of drug-likeness (QED) is 0.900. The smallest absolute Gasteiger partial charge is 0.256 e. The lowest BCUT2D eigenvalue weighted by molar-refractivity contribution is -0.140. The van der Waals surface area contributed by atoms with Crippen LogP contribution in [0.25, 0.3) is 11.3 Å². The summed E-state index contributed by atoms with van der Waals surface area (Å²) in [6.45, 7) is 3.41. The number of rotatable bonds is 4. The highest BCUT2D eigenvalue weighted by atomic mass is 16.5. The Balaban J connectivity index is 1.80. The van der Waals surface area contributed by atoms with Crippen LogP contribution >= 0.6 is 0 Å². The van der Waals surface area contributed by atoms with Crippen LogP contribution in [0, 0.1) is 6.92 Å². The summed E-state index contributed by atoms with van der Waals surface area (Å²) in [4.78, 5) is 21.3. The first-order chi connectivity index (χ1) is 11.6. The Morgan fingerprint density at radius 3 is 2.79 bits per heavy atom. The molecule has 1 aliphatic heterocycles. The average molecular weight is 326 g/mol. The molecule has 1 aromatic heterocycles. The van der Waals surface area contributed by atoms with Gasteiger partial charge in [-0.25, -0.2) is 9.97 Å². The van der Waals surface area contributed by atoms with Crippen LogP contribution < -0.4 is 10.6 Å². The molecule has 24 heavy (non-hydrogen) atoms. The molecule has 2 N–H and O–H groups in total. The normalized spacial score (nSPS) is 16.6. The average Bonchev–Trinajstić information content (AvgIpc) is 2.62. The Kier molecular flexibility index (Phi) is 4.87. The van der Waals surface area contributed by atoms with Gasteiger partial charge in [0.1, 0.15) is 11.4 Å². The van der Waals surface area contributed by atoms with E-state index < -0.39 is 5.60 Å². The Morgan fingerprint density at radius 1 is 1.29 bits per heavy atom. The summed E-state index contributed by atoms with van der Waals surface area (Å²) in [5, 5.41) is 6.25. The molecule has 0 spiro atoms. The highest BCUT2D eigenvalue weighted by molar-refractivity contribution is 5.97. The second-order valence-corrected chi connectivity index (χ2v) is 5.97. The third-order valence-electron chi connectivity index (χ3n) is 4.41. The van der Waals surface area contributed by atoms with Crippen molar-refractivity contribution in [1.29, 1.82) is 0 Å². The Morgan fingerprint density at radius 2 is 2.08 bits per heavy atom. The lowest BCUT2D eigenvalue weighted by Crippen LogP contribution is -2.51. The molecular weight excluding hydrogens is 304 g/mol. The minimum atomic E-state index is -0.757. The van der Waals surface area contributed by atoms with Crippen LogP contribution in [0.1, 0.15) is 18.7 Å². The van der Waals surface area contributed by atoms with Crippen molar-refractivity contribution in [3.05, 3.63) is 42.4 Å². The van der Waals surface area contributed by atoms with Crippen LogP contribution in [0.5, 0.6) is 0 Å². The summed E-state index contributed by atoms with van der Waals surface area (Å²) in [7, 11) is 1.60. The van der Waals surface area contributed by atoms with E-state index in [4.69, 9.17) is 4.74 Å². The predicted molar refractivity (Wildman–Crippen MR) is 92.7 cm³/mol. The number of nitrogens with zero attached hydrogens (tertiary/aromatic N) is 2. The molecule has 1 saturated heterocycles. The van der Waals surface area contributed by atoms with Crippen LogP contribution in [-0.2, 0) is 9.53 Å². The van der Waals surface area contributed by atoms with Crippen molar-refractivity contribution in [1.82, 2.24) is 15.3 Å². The van der Waals surface area contributed by atoms with Crippen molar-refractivity contribution in [2.75, 3.05) is 25.5 Å². The number of amides is 1. The molecule has 0 radical (unpaired) electrons. The maximum absolute atomic E-state index is 12.7. The number of anilines is 1. The Hall–Kier alpha value is -2.31. The van der Waals surface area contributed by atoms with Crippen LogP contribution in [-0.4, -0.2) is 41.7 Å². The second kappa shape index (κ2) is 7.07. The number of piperidine rings is 1. The lowest BCUT2D eigenvalue weighted by atomic mass is 9.91. The van der Waals surface area contributed by atoms with Crippen LogP contribution in [0.2, 0.25) is 0 Å². The van der Waals surface area contributed by atoms with E-state index in [0.717, 1.165) is 35.9 Å². The maximum Gasteiger partial charge on any atom is 0.256 e. The van der Waals surface area contributed by atoms with Crippen molar-refractivity contribution in [3.63, 3.8) is 0 Å². The zero-order valence-corrected chi connectivity index (χ0v) is 14.0. The van der Waals surface area contributed by atoms with Gasteiger partial charge >= 0.3 is 0 Å². The van der Waals surface area contributed by atoms with E-state index in [0.29, 0.717) is 12.8 Å². The molecule has 1 aliphatic rings. The van der Waals surface area contributed by atoms with Gasteiger partial charge in [-0.15, -0.1) is 0 Å². The molecular formula is C18H22N4O2. The van der Waals surface area contributed by atoms with Gasteiger partial charge in [0.05, 0.1) is 5.69 Å². The fraction of sp³-hybridized carbons (Fsp3) is 0.389. The van der Waals surface area contributed by atoms with Crippen molar-refractivity contribution in [2.24, 2.45) is 0 Å². The molecule has 6 nitrogen and oxygen atoms in total. The van der Waals surface area contributed by atoms with Crippen LogP contribution in [0.3, 0.4) is 0 Å². The van der Waals surface area contributed by atoms with Gasteiger partial charge in [-0.1, -0.05) is 12.1 Å². The minimum Gasteiger partial charge on any atom is -0.368 e. The molecule has 126 valence electrons. The molecule has 0 bridgehead atoms. The third-order valence-corrected chi connectivity index (χ3v) is 4.41. The van der Waals surface area contributed by atoms with Crippen molar-refractivity contribution >= 4 is 11.6 Å². The fourth-order valence-electron chi connectivity index (χ4n) is 2.97. The van der Waals surface area contributed by atoms with Gasteiger partial charge in [0.25, 0.3) is 5.91 Å². The SMILES string of the molecule is COC1(C(=O)Nc2cccc(-c3ccnc(C)n3)c2)CCNCC1. The van der Waals surface area contributed by atoms with E-state index >= 15 is 0 Å². The standard InChI is InChI=1S/C18H22N4O2/c1-13-20-9-6-16(21-13)14-4-3-5-15(12-14)22-17(23)18(24-2)7-10-19-11-8-18/h3-6,9,12,19H,7-8,10-11H2,1-2H3,(H,22,23). The molecule has 0 aliphatic carbocycles. The van der Waals surface area contributed by atoms with E-state index in [1.165, 1.54) is 0 Å². The third kappa shape index (κ3) is 3.44. The van der Waals surface area contributed by atoms with E-state index in [2.05, 4.69) is 20.6 Å². The van der Waals surface area contributed by atoms with Gasteiger partial charge in [0.15, 0.2) is 0 Å². The predicted octanol–water partition coefficient (Wildman–Crippen LogP) is 2.16. The van der Waals surface area contributed by atoms with Gasteiger partial charge in [-0.3, -0.25) is 4.79 Å². The fourth-order valence-corrected chi connectivity index (χ4v) is 2.97. The zero-order valence-electron chi connectivity index (χ0n) is 14.0. The minimum absolute atomic E-state index is 0.0949. The highest BCUT2D eigenvalue weighted by Gasteiger charge is 2.39. The monoisotopic (exact) mass is 326 g/mol. The number of methoxy groups -OCH3 is 1. The molecule has 2 heterocycles. The number of aromatic nitrogens is 2. The summed E-state index contributed by atoms with van der Waals surface area (Å²) in [5.74, 6) is 0.623. The summed E-state index contributed by atoms with van der Waals surface area (Å²) in [5.41, 5.74) is 1.76. The largest absolute Gasteiger partial charge is 0.368 e. The molecule has 0 atom stereocenters. The van der Waals surface area contributed by atoms with Gasteiger partial charge in [-0.2, -0.15) is 0 Å². The molecule has 1 amide bonds. The summed E-state index contributed by atoms with van der Waals surface area (Å²) in [6.07, 6.45) is 3.07. The van der Waals surface area contributed by atoms with E-state index in [-0.39, 0.29) is 5.91 Å². The number of nitrogens with one attached hydrogen (secondary N) is 2. The number of hydrogen-bond acceptors (Lipinski definition) is 5. The number of hydrogen-bond donors (Lipinski definition) is 2. The number of ether oxygens (including phenoxy) is 1. The topological polar surface area (TPSA) is 76.1 Å². The maximum atomic E-state index is 12.7. The van der Waals surface area contributed by atoms with Gasteiger partial charge in [0.2, 0.25) is 0 Å². The van der Waals surface area contributed by atoms with Gasteiger partial charge in [0, 0.05) is 24.6 Å². The number of carbonyl (C=O) groups excluding carboxylic acids is 1. The van der Waals surface area contributed by atoms with Crippen molar-refractivity contribution < 1.29 is 9.53 Å². The summed E-state index contributed by atoms with van der Waals surface area (Å²) in [6, 6.07) is 9.53. The number of carbonyl (C=O) groups is 1. The number of aryl methyl sites for hydroxylation is 1. The molecule has 0 saturated carbocycles. The summed E-state index contributed by atoms with van der Waals surface area (Å²) < 4.78 is 5.57. The molecule has 6 heteroatoms. The van der Waals surface area contributed by atoms with E-state index in [1.54, 1.807) is 13.3 Å². The van der Waals surface area contributed by atoms with E-state index in [9.17, 15) is 4.79 Å². The molecule has 0 unspecified atom stereocenters. The van der Waals surface area contributed by atoms with Crippen LogP contribution in [0.4, 0.5) is 5.69 Å². The first-order valence-corrected chi connectivity index (χ1v) is 8.10. The second-order valence-electron chi connectivity index (χ2n) is 5.97. The summed E-state index contributed by atoms with van der Waals surface area (Å²) >= 11 is 0. The van der Waals surface area contributed by atoms with Gasteiger partial charge < -0.3 is 15.4 Å². The molecule has 1 aromatic carbocycles. The first kappa shape index (κ1) is 16.5. The van der Waals surface area contributed by atoms with Crippen molar-refractivity contribution in [3.8, 4) is 11.3 Å². The Labute approximate surface area is 141 Å².